The fourth-order valence-electron chi connectivity index (χ4n) is 2.17. The molecular formula is C14H17NS. The summed E-state index contributed by atoms with van der Waals surface area (Å²) in [6.45, 7) is 8.63. The molecule has 0 aliphatic heterocycles. The number of nitrogens with zero attached hydrogens (tertiary/aromatic N) is 1. The molecule has 0 N–H and O–H groups in total. The molecule has 2 rings (SSSR count). The molecule has 0 atom stereocenters. The second-order valence-electron chi connectivity index (χ2n) is 4.25. The summed E-state index contributed by atoms with van der Waals surface area (Å²) in [6.07, 6.45) is 1.02. The first-order valence-corrected chi connectivity index (χ1v) is 6.52. The smallest absolute Gasteiger partial charge is 0.0929 e. The average molecular weight is 231 g/mol. The van der Waals surface area contributed by atoms with Crippen LogP contribution in [0, 0.1) is 20.8 Å². The molecule has 0 fully saturated rings. The molecule has 1 aromatic heterocycles. The van der Waals surface area contributed by atoms with Crippen molar-refractivity contribution in [2.24, 2.45) is 0 Å². The fourth-order valence-corrected chi connectivity index (χ4v) is 2.91. The molecule has 1 heterocycles. The number of hydrogen-bond donors (Lipinski definition) is 0. The van der Waals surface area contributed by atoms with Crippen molar-refractivity contribution in [2.45, 2.75) is 34.1 Å². The monoisotopic (exact) mass is 231 g/mol. The molecule has 0 aliphatic carbocycles. The fraction of sp³-hybridized carbons (Fsp3) is 0.357. The van der Waals surface area contributed by atoms with E-state index in [0.717, 1.165) is 12.1 Å². The Morgan fingerprint density at radius 2 is 1.75 bits per heavy atom. The van der Waals surface area contributed by atoms with E-state index in [-0.39, 0.29) is 0 Å². The SMILES string of the molecule is CCc1nc(-c2c(C)cc(C)cc2C)cs1. The molecule has 0 bridgehead atoms. The molecule has 0 saturated carbocycles. The summed E-state index contributed by atoms with van der Waals surface area (Å²) in [7, 11) is 0. The lowest BCUT2D eigenvalue weighted by Gasteiger charge is -2.08. The Bertz CT molecular complexity index is 488. The molecule has 0 aliphatic rings. The number of thiazole rings is 1. The lowest BCUT2D eigenvalue weighted by atomic mass is 9.98. The van der Waals surface area contributed by atoms with Crippen molar-refractivity contribution in [3.05, 3.63) is 39.2 Å². The third kappa shape index (κ3) is 2.03. The predicted octanol–water partition coefficient (Wildman–Crippen LogP) is 4.30. The molecule has 1 nitrogen and oxygen atoms in total. The molecule has 2 aromatic rings. The maximum Gasteiger partial charge on any atom is 0.0929 e. The Morgan fingerprint density at radius 3 is 2.25 bits per heavy atom. The normalized spacial score (nSPS) is 10.8. The maximum atomic E-state index is 4.67. The molecule has 2 heteroatoms. The summed E-state index contributed by atoms with van der Waals surface area (Å²) in [5.41, 5.74) is 6.42. The van der Waals surface area contributed by atoms with E-state index in [4.69, 9.17) is 0 Å². The zero-order valence-electron chi connectivity index (χ0n) is 10.3. The van der Waals surface area contributed by atoms with Crippen LogP contribution in [0.15, 0.2) is 17.5 Å². The first kappa shape index (κ1) is 11.3. The van der Waals surface area contributed by atoms with Crippen LogP contribution >= 0.6 is 11.3 Å². The summed E-state index contributed by atoms with van der Waals surface area (Å²) in [5.74, 6) is 0. The molecule has 16 heavy (non-hydrogen) atoms. The van der Waals surface area contributed by atoms with Crippen LogP contribution in [0.5, 0.6) is 0 Å². The van der Waals surface area contributed by atoms with Crippen molar-refractivity contribution in [1.82, 2.24) is 4.98 Å². The third-order valence-electron chi connectivity index (χ3n) is 2.79. The van der Waals surface area contributed by atoms with Gasteiger partial charge in [-0.1, -0.05) is 24.6 Å². The number of hydrogen-bond acceptors (Lipinski definition) is 2. The van der Waals surface area contributed by atoms with Gasteiger partial charge in [-0.3, -0.25) is 0 Å². The largest absolute Gasteiger partial charge is 0.241 e. The van der Waals surface area contributed by atoms with Crippen LogP contribution in [-0.4, -0.2) is 4.98 Å². The first-order valence-electron chi connectivity index (χ1n) is 5.64. The standard InChI is InChI=1S/C14H17NS/c1-5-13-15-12(8-16-13)14-10(3)6-9(2)7-11(14)4/h6-8H,5H2,1-4H3. The summed E-state index contributed by atoms with van der Waals surface area (Å²) >= 11 is 1.75. The lowest BCUT2D eigenvalue weighted by Crippen LogP contribution is -1.90. The van der Waals surface area contributed by atoms with Crippen molar-refractivity contribution in [1.29, 1.82) is 0 Å². The van der Waals surface area contributed by atoms with Crippen molar-refractivity contribution in [3.8, 4) is 11.3 Å². The van der Waals surface area contributed by atoms with Crippen molar-refractivity contribution in [2.75, 3.05) is 0 Å². The third-order valence-corrected chi connectivity index (χ3v) is 3.78. The van der Waals surface area contributed by atoms with E-state index in [1.54, 1.807) is 11.3 Å². The minimum absolute atomic E-state index is 1.02. The first-order chi connectivity index (χ1) is 7.61. The van der Waals surface area contributed by atoms with Gasteiger partial charge in [0.1, 0.15) is 0 Å². The Hall–Kier alpha value is -1.15. The van der Waals surface area contributed by atoms with E-state index in [1.165, 1.54) is 27.3 Å². The number of benzene rings is 1. The van der Waals surface area contributed by atoms with Gasteiger partial charge in [-0.15, -0.1) is 11.3 Å². The van der Waals surface area contributed by atoms with Crippen LogP contribution in [0.3, 0.4) is 0 Å². The van der Waals surface area contributed by atoms with Crippen LogP contribution in [0.4, 0.5) is 0 Å². The number of aryl methyl sites for hydroxylation is 4. The Morgan fingerprint density at radius 1 is 1.12 bits per heavy atom. The predicted molar refractivity (Wildman–Crippen MR) is 71.1 cm³/mol. The summed E-state index contributed by atoms with van der Waals surface area (Å²) in [6, 6.07) is 4.46. The van der Waals surface area contributed by atoms with Crippen LogP contribution in [0.2, 0.25) is 0 Å². The van der Waals surface area contributed by atoms with E-state index in [1.807, 2.05) is 0 Å². The highest BCUT2D eigenvalue weighted by atomic mass is 32.1. The van der Waals surface area contributed by atoms with Gasteiger partial charge < -0.3 is 0 Å². The average Bonchev–Trinajstić information content (AvgIpc) is 2.64. The van der Waals surface area contributed by atoms with Gasteiger partial charge in [0, 0.05) is 10.9 Å². The van der Waals surface area contributed by atoms with Crippen LogP contribution < -0.4 is 0 Å². The van der Waals surface area contributed by atoms with Gasteiger partial charge in [0.05, 0.1) is 10.7 Å². The van der Waals surface area contributed by atoms with Gasteiger partial charge in [0.15, 0.2) is 0 Å². The van der Waals surface area contributed by atoms with E-state index in [2.05, 4.69) is 50.2 Å². The zero-order valence-corrected chi connectivity index (χ0v) is 11.1. The molecule has 0 saturated heterocycles. The molecule has 0 spiro atoms. The second kappa shape index (κ2) is 4.38. The Labute approximate surface area is 101 Å². The van der Waals surface area contributed by atoms with Gasteiger partial charge in [0.2, 0.25) is 0 Å². The molecule has 1 aromatic carbocycles. The topological polar surface area (TPSA) is 12.9 Å². The van der Waals surface area contributed by atoms with Crippen LogP contribution in [-0.2, 0) is 6.42 Å². The number of rotatable bonds is 2. The van der Waals surface area contributed by atoms with Crippen molar-refractivity contribution >= 4 is 11.3 Å². The highest BCUT2D eigenvalue weighted by molar-refractivity contribution is 7.09. The molecular weight excluding hydrogens is 214 g/mol. The highest BCUT2D eigenvalue weighted by Crippen LogP contribution is 2.29. The van der Waals surface area contributed by atoms with Crippen molar-refractivity contribution in [3.63, 3.8) is 0 Å². The van der Waals surface area contributed by atoms with Crippen LogP contribution in [0.1, 0.15) is 28.6 Å². The molecule has 84 valence electrons. The van der Waals surface area contributed by atoms with Crippen LogP contribution in [0.25, 0.3) is 11.3 Å². The highest BCUT2D eigenvalue weighted by Gasteiger charge is 2.09. The molecule has 0 radical (unpaired) electrons. The second-order valence-corrected chi connectivity index (χ2v) is 5.20. The summed E-state index contributed by atoms with van der Waals surface area (Å²) in [5, 5.41) is 3.39. The minimum atomic E-state index is 1.02. The Balaban J connectivity index is 2.55. The van der Waals surface area contributed by atoms with Gasteiger partial charge in [-0.05, 0) is 38.3 Å². The van der Waals surface area contributed by atoms with E-state index < -0.39 is 0 Å². The van der Waals surface area contributed by atoms with Crippen molar-refractivity contribution < 1.29 is 0 Å². The quantitative estimate of drug-likeness (QED) is 0.751. The zero-order chi connectivity index (χ0) is 11.7. The van der Waals surface area contributed by atoms with Gasteiger partial charge in [-0.2, -0.15) is 0 Å². The minimum Gasteiger partial charge on any atom is -0.241 e. The molecule has 0 amide bonds. The van der Waals surface area contributed by atoms with Gasteiger partial charge >= 0.3 is 0 Å². The van der Waals surface area contributed by atoms with Gasteiger partial charge in [0.25, 0.3) is 0 Å². The summed E-state index contributed by atoms with van der Waals surface area (Å²) < 4.78 is 0. The molecule has 0 unspecified atom stereocenters. The number of aromatic nitrogens is 1. The maximum absolute atomic E-state index is 4.67. The van der Waals surface area contributed by atoms with E-state index >= 15 is 0 Å². The van der Waals surface area contributed by atoms with Gasteiger partial charge in [-0.25, -0.2) is 4.98 Å². The lowest BCUT2D eigenvalue weighted by molar-refractivity contribution is 1.09. The van der Waals surface area contributed by atoms with E-state index in [9.17, 15) is 0 Å². The Kier molecular flexibility index (Phi) is 3.10. The van der Waals surface area contributed by atoms with E-state index in [0.29, 0.717) is 0 Å². The summed E-state index contributed by atoms with van der Waals surface area (Å²) in [4.78, 5) is 4.67.